The first kappa shape index (κ1) is 17.1. The van der Waals surface area contributed by atoms with Crippen LogP contribution in [0, 0.1) is 0 Å². The highest BCUT2D eigenvalue weighted by molar-refractivity contribution is 7.80. The Hall–Kier alpha value is -2.28. The number of benzene rings is 1. The van der Waals surface area contributed by atoms with Gasteiger partial charge in [-0.05, 0) is 45.1 Å². The fourth-order valence-corrected chi connectivity index (χ4v) is 2.64. The summed E-state index contributed by atoms with van der Waals surface area (Å²) in [6, 6.07) is 6.63. The molecule has 0 saturated carbocycles. The predicted molar refractivity (Wildman–Crippen MR) is 90.1 cm³/mol. The van der Waals surface area contributed by atoms with Gasteiger partial charge in [0.2, 0.25) is 5.91 Å². The molecule has 1 aliphatic rings. The van der Waals surface area contributed by atoms with Crippen molar-refractivity contribution in [3.05, 3.63) is 35.4 Å². The van der Waals surface area contributed by atoms with E-state index in [2.05, 4.69) is 10.6 Å². The second-order valence-corrected chi connectivity index (χ2v) is 6.72. The minimum atomic E-state index is -0.367. The number of rotatable bonds is 3. The Bertz CT molecular complexity index is 644. The highest BCUT2D eigenvalue weighted by Gasteiger charge is 2.34. The number of carbonyl (C=O) groups is 3. The van der Waals surface area contributed by atoms with Crippen molar-refractivity contribution in [2.24, 2.45) is 0 Å². The standard InChI is InChI=1S/C16H19N3O3S/c1-16(2,3)18-15(23)17-12(20)8-9-19-13(21)10-6-4-5-7-11(10)14(19)22/h4-7H,8-9H2,1-3H3,(H2,17,18,20,23). The summed E-state index contributed by atoms with van der Waals surface area (Å²) in [5, 5.41) is 5.73. The van der Waals surface area contributed by atoms with Crippen molar-refractivity contribution in [2.75, 3.05) is 6.54 Å². The summed E-state index contributed by atoms with van der Waals surface area (Å²) in [5.74, 6) is -1.08. The molecule has 0 aromatic heterocycles. The van der Waals surface area contributed by atoms with Crippen molar-refractivity contribution >= 4 is 35.1 Å². The van der Waals surface area contributed by atoms with Crippen LogP contribution in [0.25, 0.3) is 0 Å². The molecule has 1 aromatic carbocycles. The normalized spacial score (nSPS) is 13.8. The molecule has 0 unspecified atom stereocenters. The molecule has 0 fully saturated rings. The van der Waals surface area contributed by atoms with Gasteiger partial charge in [-0.2, -0.15) is 0 Å². The van der Waals surface area contributed by atoms with E-state index in [9.17, 15) is 14.4 Å². The van der Waals surface area contributed by atoms with E-state index < -0.39 is 0 Å². The Morgan fingerprint density at radius 1 is 1.13 bits per heavy atom. The number of hydrogen-bond donors (Lipinski definition) is 2. The molecule has 122 valence electrons. The number of carbonyl (C=O) groups excluding carboxylic acids is 3. The topological polar surface area (TPSA) is 78.5 Å². The summed E-state index contributed by atoms with van der Waals surface area (Å²) < 4.78 is 0. The van der Waals surface area contributed by atoms with Gasteiger partial charge >= 0.3 is 0 Å². The van der Waals surface area contributed by atoms with E-state index in [1.807, 2.05) is 20.8 Å². The number of hydrogen-bond acceptors (Lipinski definition) is 4. The number of imide groups is 1. The summed E-state index contributed by atoms with van der Waals surface area (Å²) >= 11 is 5.04. The zero-order chi connectivity index (χ0) is 17.2. The van der Waals surface area contributed by atoms with Gasteiger partial charge in [0.05, 0.1) is 11.1 Å². The molecule has 2 rings (SSSR count). The molecule has 1 heterocycles. The van der Waals surface area contributed by atoms with E-state index >= 15 is 0 Å². The number of fused-ring (bicyclic) bond motifs is 1. The Kier molecular flexibility index (Phi) is 4.79. The summed E-state index contributed by atoms with van der Waals surface area (Å²) in [4.78, 5) is 37.3. The average Bonchev–Trinajstić information content (AvgIpc) is 2.67. The largest absolute Gasteiger partial charge is 0.358 e. The molecular weight excluding hydrogens is 314 g/mol. The fourth-order valence-electron chi connectivity index (χ4n) is 2.22. The van der Waals surface area contributed by atoms with Gasteiger partial charge in [0.1, 0.15) is 0 Å². The Morgan fingerprint density at radius 3 is 2.13 bits per heavy atom. The lowest BCUT2D eigenvalue weighted by molar-refractivity contribution is -0.119. The second-order valence-electron chi connectivity index (χ2n) is 6.31. The minimum absolute atomic E-state index is 0.00255. The van der Waals surface area contributed by atoms with Crippen molar-refractivity contribution in [2.45, 2.75) is 32.7 Å². The number of amides is 3. The maximum atomic E-state index is 12.2. The van der Waals surface area contributed by atoms with Gasteiger partial charge < -0.3 is 10.6 Å². The molecule has 1 aromatic rings. The molecule has 0 aliphatic carbocycles. The average molecular weight is 333 g/mol. The third kappa shape index (κ3) is 4.13. The molecule has 3 amide bonds. The van der Waals surface area contributed by atoms with Crippen molar-refractivity contribution in [3.8, 4) is 0 Å². The molecule has 6 nitrogen and oxygen atoms in total. The third-order valence-electron chi connectivity index (χ3n) is 3.18. The van der Waals surface area contributed by atoms with E-state index in [4.69, 9.17) is 12.2 Å². The molecule has 0 atom stereocenters. The summed E-state index contributed by atoms with van der Waals surface area (Å²) in [5.41, 5.74) is 0.498. The molecule has 1 aliphatic heterocycles. The van der Waals surface area contributed by atoms with Gasteiger partial charge in [0.15, 0.2) is 5.11 Å². The van der Waals surface area contributed by atoms with Gasteiger partial charge in [0, 0.05) is 18.5 Å². The Morgan fingerprint density at radius 2 is 1.65 bits per heavy atom. The van der Waals surface area contributed by atoms with Crippen molar-refractivity contribution < 1.29 is 14.4 Å². The van der Waals surface area contributed by atoms with Crippen LogP contribution in [0.1, 0.15) is 47.9 Å². The first-order valence-corrected chi connectivity index (χ1v) is 7.67. The molecule has 0 spiro atoms. The van der Waals surface area contributed by atoms with Crippen LogP contribution in [0.15, 0.2) is 24.3 Å². The quantitative estimate of drug-likeness (QED) is 0.647. The van der Waals surface area contributed by atoms with Gasteiger partial charge in [-0.3, -0.25) is 19.3 Å². The maximum Gasteiger partial charge on any atom is 0.261 e. The monoisotopic (exact) mass is 333 g/mol. The third-order valence-corrected chi connectivity index (χ3v) is 3.39. The lowest BCUT2D eigenvalue weighted by Crippen LogP contribution is -2.48. The molecule has 0 saturated heterocycles. The lowest BCUT2D eigenvalue weighted by Gasteiger charge is -2.22. The van der Waals surface area contributed by atoms with E-state index in [0.717, 1.165) is 4.90 Å². The fraction of sp³-hybridized carbons (Fsp3) is 0.375. The zero-order valence-electron chi connectivity index (χ0n) is 13.3. The van der Waals surface area contributed by atoms with Crippen molar-refractivity contribution in [3.63, 3.8) is 0 Å². The maximum absolute atomic E-state index is 12.2. The van der Waals surface area contributed by atoms with Crippen LogP contribution in [0.4, 0.5) is 0 Å². The number of nitrogens with zero attached hydrogens (tertiary/aromatic N) is 1. The van der Waals surface area contributed by atoms with E-state index in [1.165, 1.54) is 0 Å². The van der Waals surface area contributed by atoms with Crippen LogP contribution in [0.5, 0.6) is 0 Å². The smallest absolute Gasteiger partial charge is 0.261 e. The highest BCUT2D eigenvalue weighted by atomic mass is 32.1. The summed E-state index contributed by atoms with van der Waals surface area (Å²) in [6.45, 7) is 5.79. The Labute approximate surface area is 140 Å². The SMILES string of the molecule is CC(C)(C)NC(=S)NC(=O)CCN1C(=O)c2ccccc2C1=O. The number of nitrogens with one attached hydrogen (secondary N) is 2. The molecule has 7 heteroatoms. The van der Waals surface area contributed by atoms with Crippen LogP contribution in [0.2, 0.25) is 0 Å². The van der Waals surface area contributed by atoms with Crippen LogP contribution < -0.4 is 10.6 Å². The summed E-state index contributed by atoms with van der Waals surface area (Å²) in [7, 11) is 0. The van der Waals surface area contributed by atoms with Crippen LogP contribution in [-0.2, 0) is 4.79 Å². The zero-order valence-corrected chi connectivity index (χ0v) is 14.1. The van der Waals surface area contributed by atoms with Crippen molar-refractivity contribution in [1.82, 2.24) is 15.5 Å². The van der Waals surface area contributed by atoms with Gasteiger partial charge in [-0.1, -0.05) is 12.1 Å². The summed E-state index contributed by atoms with van der Waals surface area (Å²) in [6.07, 6.45) is -0.00255. The molecule has 23 heavy (non-hydrogen) atoms. The predicted octanol–water partition coefficient (Wildman–Crippen LogP) is 1.46. The van der Waals surface area contributed by atoms with Gasteiger partial charge in [-0.25, -0.2) is 0 Å². The second kappa shape index (κ2) is 6.45. The van der Waals surface area contributed by atoms with Crippen molar-refractivity contribution in [1.29, 1.82) is 0 Å². The molecular formula is C16H19N3O3S. The highest BCUT2D eigenvalue weighted by Crippen LogP contribution is 2.22. The van der Waals surface area contributed by atoms with Crippen LogP contribution in [0.3, 0.4) is 0 Å². The van der Waals surface area contributed by atoms with Crippen LogP contribution in [-0.4, -0.2) is 39.8 Å². The molecule has 0 bridgehead atoms. The molecule has 2 N–H and O–H groups in total. The van der Waals surface area contributed by atoms with Crippen LogP contribution >= 0.6 is 12.2 Å². The lowest BCUT2D eigenvalue weighted by atomic mass is 10.1. The minimum Gasteiger partial charge on any atom is -0.358 e. The Balaban J connectivity index is 1.90. The first-order chi connectivity index (χ1) is 10.7. The van der Waals surface area contributed by atoms with E-state index in [0.29, 0.717) is 11.1 Å². The first-order valence-electron chi connectivity index (χ1n) is 7.26. The van der Waals surface area contributed by atoms with E-state index in [-0.39, 0.29) is 41.3 Å². The van der Waals surface area contributed by atoms with Gasteiger partial charge in [0.25, 0.3) is 11.8 Å². The van der Waals surface area contributed by atoms with Gasteiger partial charge in [-0.15, -0.1) is 0 Å². The van der Waals surface area contributed by atoms with E-state index in [1.54, 1.807) is 24.3 Å². The number of thiocarbonyl (C=S) groups is 1. The molecule has 0 radical (unpaired) electrons.